The Balaban J connectivity index is 1.95. The van der Waals surface area contributed by atoms with Crippen LogP contribution in [0.25, 0.3) is 10.1 Å². The second kappa shape index (κ2) is 4.20. The molecule has 3 heteroatoms. The van der Waals surface area contributed by atoms with E-state index in [-0.39, 0.29) is 0 Å². The number of fused-ring (bicyclic) bond motifs is 1. The van der Waals surface area contributed by atoms with Gasteiger partial charge in [0.15, 0.2) is 0 Å². The van der Waals surface area contributed by atoms with Crippen molar-refractivity contribution >= 4 is 44.0 Å². The van der Waals surface area contributed by atoms with E-state index in [9.17, 15) is 0 Å². The molecule has 2 heterocycles. The third-order valence-electron chi connectivity index (χ3n) is 2.30. The maximum Gasteiger partial charge on any atom is 0.117 e. The number of rotatable bonds is 2. The molecule has 0 amide bonds. The maximum absolute atomic E-state index is 4.49. The SMILES string of the molecule is C(=N\c1cc2ccccc2s1)/c1ccsc1. The average Bonchev–Trinajstić information content (AvgIpc) is 2.95. The minimum atomic E-state index is 1.06. The van der Waals surface area contributed by atoms with Crippen molar-refractivity contribution in [1.29, 1.82) is 0 Å². The number of nitrogens with zero attached hydrogens (tertiary/aromatic N) is 1. The van der Waals surface area contributed by atoms with Gasteiger partial charge < -0.3 is 0 Å². The lowest BCUT2D eigenvalue weighted by atomic mass is 10.3. The Labute approximate surface area is 102 Å². The summed E-state index contributed by atoms with van der Waals surface area (Å²) in [5, 5.41) is 6.49. The Morgan fingerprint density at radius 3 is 2.88 bits per heavy atom. The standard InChI is InChI=1S/C13H9NS2/c1-2-4-12-11(3-1)7-13(16-12)14-8-10-5-6-15-9-10/h1-9H/b14-8+. The molecule has 0 unspecified atom stereocenters. The third kappa shape index (κ3) is 1.92. The Bertz CT molecular complexity index is 587. The molecule has 1 aromatic carbocycles. The predicted molar refractivity (Wildman–Crippen MR) is 73.4 cm³/mol. The molecule has 0 atom stereocenters. The molecule has 16 heavy (non-hydrogen) atoms. The van der Waals surface area contributed by atoms with Gasteiger partial charge in [-0.05, 0) is 34.3 Å². The van der Waals surface area contributed by atoms with Crippen LogP contribution in [0.2, 0.25) is 0 Å². The van der Waals surface area contributed by atoms with Crippen LogP contribution in [0, 0.1) is 0 Å². The van der Waals surface area contributed by atoms with Crippen LogP contribution in [0.1, 0.15) is 5.56 Å². The molecule has 3 aromatic rings. The van der Waals surface area contributed by atoms with Crippen molar-refractivity contribution in [1.82, 2.24) is 0 Å². The minimum Gasteiger partial charge on any atom is -0.245 e. The van der Waals surface area contributed by atoms with Crippen LogP contribution in [0.15, 0.2) is 52.2 Å². The molecule has 2 aromatic heterocycles. The summed E-state index contributed by atoms with van der Waals surface area (Å²) >= 11 is 3.42. The first kappa shape index (κ1) is 9.75. The van der Waals surface area contributed by atoms with E-state index in [1.165, 1.54) is 15.6 Å². The summed E-state index contributed by atoms with van der Waals surface area (Å²) in [5.41, 5.74) is 1.17. The zero-order valence-corrected chi connectivity index (χ0v) is 10.1. The van der Waals surface area contributed by atoms with Crippen molar-refractivity contribution in [2.24, 2.45) is 4.99 Å². The molecule has 0 N–H and O–H groups in total. The largest absolute Gasteiger partial charge is 0.245 e. The van der Waals surface area contributed by atoms with Crippen LogP contribution >= 0.6 is 22.7 Å². The van der Waals surface area contributed by atoms with Gasteiger partial charge in [-0.2, -0.15) is 11.3 Å². The van der Waals surface area contributed by atoms with Crippen LogP contribution in [0.5, 0.6) is 0 Å². The van der Waals surface area contributed by atoms with E-state index in [1.807, 2.05) is 6.21 Å². The monoisotopic (exact) mass is 243 g/mol. The van der Waals surface area contributed by atoms with Crippen molar-refractivity contribution in [3.05, 3.63) is 52.7 Å². The van der Waals surface area contributed by atoms with E-state index >= 15 is 0 Å². The van der Waals surface area contributed by atoms with Gasteiger partial charge in [-0.25, -0.2) is 4.99 Å². The zero-order valence-electron chi connectivity index (χ0n) is 8.46. The summed E-state index contributed by atoms with van der Waals surface area (Å²) in [4.78, 5) is 4.49. The van der Waals surface area contributed by atoms with Gasteiger partial charge in [-0.3, -0.25) is 0 Å². The van der Waals surface area contributed by atoms with Crippen LogP contribution in [-0.4, -0.2) is 6.21 Å². The van der Waals surface area contributed by atoms with Gasteiger partial charge in [0.25, 0.3) is 0 Å². The first-order valence-electron chi connectivity index (χ1n) is 4.97. The van der Waals surface area contributed by atoms with E-state index in [0.29, 0.717) is 0 Å². The number of hydrogen-bond donors (Lipinski definition) is 0. The fourth-order valence-electron chi connectivity index (χ4n) is 1.52. The molecule has 3 rings (SSSR count). The Kier molecular flexibility index (Phi) is 2.56. The molecule has 0 aliphatic rings. The number of benzene rings is 1. The molecule has 0 spiro atoms. The molecule has 0 radical (unpaired) electrons. The lowest BCUT2D eigenvalue weighted by Gasteiger charge is -1.83. The molecule has 0 bridgehead atoms. The number of aliphatic imine (C=N–C) groups is 1. The van der Waals surface area contributed by atoms with Crippen LogP contribution in [0.3, 0.4) is 0 Å². The topological polar surface area (TPSA) is 12.4 Å². The lowest BCUT2D eigenvalue weighted by molar-refractivity contribution is 1.65. The van der Waals surface area contributed by atoms with Crippen molar-refractivity contribution in [2.45, 2.75) is 0 Å². The summed E-state index contributed by atoms with van der Waals surface area (Å²) in [6.07, 6.45) is 1.92. The molecule has 1 nitrogen and oxygen atoms in total. The van der Waals surface area contributed by atoms with E-state index < -0.39 is 0 Å². The molecular weight excluding hydrogens is 234 g/mol. The van der Waals surface area contributed by atoms with Gasteiger partial charge in [-0.1, -0.05) is 18.2 Å². The highest BCUT2D eigenvalue weighted by Gasteiger charge is 1.98. The van der Waals surface area contributed by atoms with E-state index in [1.54, 1.807) is 22.7 Å². The second-order valence-corrected chi connectivity index (χ2v) is 5.28. The molecule has 78 valence electrons. The van der Waals surface area contributed by atoms with Crippen LogP contribution in [0.4, 0.5) is 5.00 Å². The summed E-state index contributed by atoms with van der Waals surface area (Å²) < 4.78 is 1.29. The maximum atomic E-state index is 4.49. The van der Waals surface area contributed by atoms with Gasteiger partial charge in [0, 0.05) is 16.5 Å². The minimum absolute atomic E-state index is 1.06. The highest BCUT2D eigenvalue weighted by molar-refractivity contribution is 7.22. The van der Waals surface area contributed by atoms with Crippen molar-refractivity contribution in [2.75, 3.05) is 0 Å². The van der Waals surface area contributed by atoms with Crippen molar-refractivity contribution in [3.8, 4) is 0 Å². The Hall–Kier alpha value is -1.45. The number of thiophene rings is 2. The summed E-state index contributed by atoms with van der Waals surface area (Å²) in [6.45, 7) is 0. The van der Waals surface area contributed by atoms with Gasteiger partial charge in [-0.15, -0.1) is 11.3 Å². The third-order valence-corrected chi connectivity index (χ3v) is 4.02. The summed E-state index contributed by atoms with van der Waals surface area (Å²) in [5.74, 6) is 0. The first-order valence-corrected chi connectivity index (χ1v) is 6.72. The Morgan fingerprint density at radius 1 is 1.12 bits per heavy atom. The Morgan fingerprint density at radius 2 is 2.06 bits per heavy atom. The highest BCUT2D eigenvalue weighted by atomic mass is 32.1. The molecule has 0 saturated heterocycles. The first-order chi connectivity index (χ1) is 7.92. The van der Waals surface area contributed by atoms with Gasteiger partial charge in [0.05, 0.1) is 0 Å². The quantitative estimate of drug-likeness (QED) is 0.578. The zero-order chi connectivity index (χ0) is 10.8. The molecule has 0 aliphatic carbocycles. The summed E-state index contributed by atoms with van der Waals surface area (Å²) in [6, 6.07) is 12.6. The normalized spacial score (nSPS) is 11.5. The fourth-order valence-corrected chi connectivity index (χ4v) is 3.04. The molecule has 0 aliphatic heterocycles. The van der Waals surface area contributed by atoms with Crippen LogP contribution in [-0.2, 0) is 0 Å². The lowest BCUT2D eigenvalue weighted by Crippen LogP contribution is -1.70. The van der Waals surface area contributed by atoms with Gasteiger partial charge in [0.2, 0.25) is 0 Å². The van der Waals surface area contributed by atoms with Crippen molar-refractivity contribution in [3.63, 3.8) is 0 Å². The molecular formula is C13H9NS2. The summed E-state index contributed by atoms with van der Waals surface area (Å²) in [7, 11) is 0. The fraction of sp³-hybridized carbons (Fsp3) is 0. The van der Waals surface area contributed by atoms with E-state index in [0.717, 1.165) is 5.00 Å². The van der Waals surface area contributed by atoms with Gasteiger partial charge in [0.1, 0.15) is 5.00 Å². The van der Waals surface area contributed by atoms with E-state index in [4.69, 9.17) is 0 Å². The predicted octanol–water partition coefficient (Wildman–Crippen LogP) is 4.71. The van der Waals surface area contributed by atoms with E-state index in [2.05, 4.69) is 52.2 Å². The molecule has 0 saturated carbocycles. The molecule has 0 fully saturated rings. The smallest absolute Gasteiger partial charge is 0.117 e. The van der Waals surface area contributed by atoms with Gasteiger partial charge >= 0.3 is 0 Å². The second-order valence-electron chi connectivity index (χ2n) is 3.44. The van der Waals surface area contributed by atoms with Crippen LogP contribution < -0.4 is 0 Å². The average molecular weight is 243 g/mol. The number of hydrogen-bond acceptors (Lipinski definition) is 3. The highest BCUT2D eigenvalue weighted by Crippen LogP contribution is 2.31. The van der Waals surface area contributed by atoms with Crippen molar-refractivity contribution < 1.29 is 0 Å².